The van der Waals surface area contributed by atoms with E-state index >= 15 is 0 Å². The molecule has 0 aliphatic carbocycles. The van der Waals surface area contributed by atoms with Gasteiger partial charge in [-0.05, 0) is 31.2 Å². The van der Waals surface area contributed by atoms with Crippen LogP contribution in [-0.2, 0) is 0 Å². The third kappa shape index (κ3) is 6.17. The fourth-order valence-electron chi connectivity index (χ4n) is 1.72. The molecule has 0 bridgehead atoms. The Bertz CT molecular complexity index is 760. The summed E-state index contributed by atoms with van der Waals surface area (Å²) in [5, 5.41) is 0.769. The van der Waals surface area contributed by atoms with Gasteiger partial charge in [0.25, 0.3) is 0 Å². The van der Waals surface area contributed by atoms with E-state index in [1.807, 2.05) is 35.6 Å². The number of hydrogen-bond acceptors (Lipinski definition) is 6. The highest BCUT2D eigenvalue weighted by Crippen LogP contribution is 2.29. The number of rotatable bonds is 2. The maximum atomic E-state index is 8.49. The summed E-state index contributed by atoms with van der Waals surface area (Å²) in [4.78, 5) is 3.96. The summed E-state index contributed by atoms with van der Waals surface area (Å²) in [5.41, 5.74) is 1.14. The van der Waals surface area contributed by atoms with Crippen LogP contribution in [0.5, 0.6) is 0 Å². The van der Waals surface area contributed by atoms with Crippen LogP contribution in [0, 0.1) is 17.2 Å². The second kappa shape index (κ2) is 7.69. The molecule has 0 saturated heterocycles. The Morgan fingerprint density at radius 3 is 2.04 bits per heavy atom. The van der Waals surface area contributed by atoms with Crippen LogP contribution in [-0.4, -0.2) is 0 Å². The van der Waals surface area contributed by atoms with Gasteiger partial charge in [0.1, 0.15) is 16.4 Å². The van der Waals surface area contributed by atoms with Crippen molar-refractivity contribution in [3.05, 3.63) is 58.6 Å². The Morgan fingerprint density at radius 1 is 0.913 bits per heavy atom. The lowest BCUT2D eigenvalue weighted by Gasteiger charge is -2.17. The molecule has 0 amide bonds. The maximum absolute atomic E-state index is 8.49. The van der Waals surface area contributed by atoms with Gasteiger partial charge in [-0.25, -0.2) is 18.6 Å². The van der Waals surface area contributed by atoms with Crippen LogP contribution in [0.1, 0.15) is 4.88 Å². The van der Waals surface area contributed by atoms with Gasteiger partial charge in [0, 0.05) is 28.1 Å². The van der Waals surface area contributed by atoms with Gasteiger partial charge in [-0.1, -0.05) is 11.6 Å². The molecule has 0 atom stereocenters. The first-order valence-electron chi connectivity index (χ1n) is 6.19. The zero-order valence-corrected chi connectivity index (χ0v) is 14.9. The number of hydrogen-bond donors (Lipinski definition) is 0. The molecule has 0 unspecified atom stereocenters. The fraction of sp³-hybridized carbons (Fsp3) is 0.0714. The molecule has 5 nitrogen and oxygen atoms in total. The minimum absolute atomic E-state index is 0.769. The first-order valence-corrected chi connectivity index (χ1v) is 9.39. The third-order valence-corrected chi connectivity index (χ3v) is 5.12. The predicted molar refractivity (Wildman–Crippen MR) is 78.9 cm³/mol. The van der Waals surface area contributed by atoms with Crippen LogP contribution in [0.25, 0.3) is 15.4 Å². The van der Waals surface area contributed by atoms with Gasteiger partial charge in [0.15, 0.2) is 6.20 Å². The Labute approximate surface area is 148 Å². The van der Waals surface area contributed by atoms with E-state index in [4.69, 9.17) is 30.2 Å². The molecule has 0 fully saturated rings. The van der Waals surface area contributed by atoms with Crippen molar-refractivity contribution in [3.63, 3.8) is 0 Å². The van der Waals surface area contributed by atoms with E-state index in [1.54, 1.807) is 11.5 Å². The molecule has 23 heavy (non-hydrogen) atoms. The van der Waals surface area contributed by atoms with Crippen molar-refractivity contribution in [2.24, 2.45) is 0 Å². The van der Waals surface area contributed by atoms with Gasteiger partial charge in [0.05, 0.1) is 4.88 Å². The zero-order valence-electron chi connectivity index (χ0n) is 11.8. The molecule has 3 rings (SSSR count). The molecular formula is C14H11Cl2NO4S2. The fourth-order valence-corrected chi connectivity index (χ4v) is 3.71. The molecule has 0 saturated carbocycles. The molecular weight excluding hydrogens is 381 g/mol. The van der Waals surface area contributed by atoms with Gasteiger partial charge in [-0.2, -0.15) is 0 Å². The normalized spacial score (nSPS) is 11.0. The third-order valence-electron chi connectivity index (χ3n) is 2.62. The Morgan fingerprint density at radius 2 is 1.52 bits per heavy atom. The number of thiophene rings is 1. The molecule has 0 aliphatic rings. The van der Waals surface area contributed by atoms with Crippen LogP contribution >= 0.6 is 34.5 Å². The van der Waals surface area contributed by atoms with Crippen molar-refractivity contribution >= 4 is 34.5 Å². The SMILES string of the molecule is Cc1ccc(-c2cc[n+](-c3ccc(Cl)cc3)s2)s1.[O-][Cl+3]([O-])([O-])[O-]. The molecule has 0 aliphatic heterocycles. The number of nitrogens with zero attached hydrogens (tertiary/aromatic N) is 1. The number of aromatic nitrogens is 1. The minimum atomic E-state index is -4.94. The number of halogens is 2. The summed E-state index contributed by atoms with van der Waals surface area (Å²) in [5.74, 6) is 0. The monoisotopic (exact) mass is 391 g/mol. The quantitative estimate of drug-likeness (QED) is 0.572. The average molecular weight is 392 g/mol. The van der Waals surface area contributed by atoms with Gasteiger partial charge in [-0.15, -0.1) is 25.5 Å². The zero-order chi connectivity index (χ0) is 17.0. The van der Waals surface area contributed by atoms with Gasteiger partial charge in [-0.3, -0.25) is 0 Å². The largest absolute Gasteiger partial charge is 0.225 e. The predicted octanol–water partition coefficient (Wildman–Crippen LogP) is -0.0409. The van der Waals surface area contributed by atoms with Crippen LogP contribution in [0.3, 0.4) is 0 Å². The van der Waals surface area contributed by atoms with Crippen LogP contribution < -0.4 is 22.6 Å². The summed E-state index contributed by atoms with van der Waals surface area (Å²) < 4.78 is 36.1. The molecule has 122 valence electrons. The molecule has 9 heteroatoms. The number of benzene rings is 1. The molecule has 2 heterocycles. The maximum Gasteiger partial charge on any atom is 0.225 e. The van der Waals surface area contributed by atoms with E-state index in [0.717, 1.165) is 10.7 Å². The molecule has 0 N–H and O–H groups in total. The van der Waals surface area contributed by atoms with Gasteiger partial charge < -0.3 is 0 Å². The minimum Gasteiger partial charge on any atom is -0.222 e. The summed E-state index contributed by atoms with van der Waals surface area (Å²) in [6.07, 6.45) is 2.10. The number of aryl methyl sites for hydroxylation is 1. The molecule has 0 spiro atoms. The first-order chi connectivity index (χ1) is 10.7. The lowest BCUT2D eigenvalue weighted by Crippen LogP contribution is -2.68. The van der Waals surface area contributed by atoms with E-state index in [1.165, 1.54) is 14.6 Å². The smallest absolute Gasteiger partial charge is 0.222 e. The average Bonchev–Trinajstić information content (AvgIpc) is 3.06. The van der Waals surface area contributed by atoms with Crippen molar-refractivity contribution in [2.45, 2.75) is 6.92 Å². The van der Waals surface area contributed by atoms with Crippen molar-refractivity contribution < 1.29 is 32.8 Å². The molecule has 0 radical (unpaired) electrons. The standard InChI is InChI=1S/C14H11ClNS2.ClHO4/c1-10-2-7-13(17-10)14-8-9-16(18-14)12-5-3-11(15)4-6-12;2-1(3,4)5/h2-9H,1H3;(H,2,3,4,5)/q+1;/p-1. The second-order valence-corrected chi connectivity index (χ2v) is 7.86. The van der Waals surface area contributed by atoms with Crippen molar-refractivity contribution in [2.75, 3.05) is 0 Å². The topological polar surface area (TPSA) is 96.1 Å². The highest BCUT2D eigenvalue weighted by molar-refractivity contribution is 7.19. The van der Waals surface area contributed by atoms with Gasteiger partial charge >= 0.3 is 0 Å². The lowest BCUT2D eigenvalue weighted by atomic mass is 10.3. The van der Waals surface area contributed by atoms with Crippen LogP contribution in [0.15, 0.2) is 48.7 Å². The Kier molecular flexibility index (Phi) is 6.12. The van der Waals surface area contributed by atoms with E-state index in [2.05, 4.69) is 35.3 Å². The van der Waals surface area contributed by atoms with Crippen molar-refractivity contribution in [1.82, 2.24) is 0 Å². The molecule has 3 aromatic rings. The summed E-state index contributed by atoms with van der Waals surface area (Å²) in [7, 11) is -4.94. The van der Waals surface area contributed by atoms with E-state index in [-0.39, 0.29) is 0 Å². The summed E-state index contributed by atoms with van der Waals surface area (Å²) in [6.45, 7) is 2.13. The molecule has 2 aromatic heterocycles. The lowest BCUT2D eigenvalue weighted by molar-refractivity contribution is -2.00. The summed E-state index contributed by atoms with van der Waals surface area (Å²) >= 11 is 9.47. The van der Waals surface area contributed by atoms with Gasteiger partial charge in [0.2, 0.25) is 5.69 Å². The molecule has 1 aromatic carbocycles. The van der Waals surface area contributed by atoms with E-state index < -0.39 is 10.2 Å². The van der Waals surface area contributed by atoms with Crippen LogP contribution in [0.4, 0.5) is 0 Å². The highest BCUT2D eigenvalue weighted by Gasteiger charge is 2.13. The summed E-state index contributed by atoms with van der Waals surface area (Å²) in [6, 6.07) is 14.4. The van der Waals surface area contributed by atoms with Crippen molar-refractivity contribution in [3.8, 4) is 15.4 Å². The Balaban J connectivity index is 0.000000338. The van der Waals surface area contributed by atoms with E-state index in [0.29, 0.717) is 0 Å². The van der Waals surface area contributed by atoms with E-state index in [9.17, 15) is 0 Å². The first kappa shape index (κ1) is 18.3. The van der Waals surface area contributed by atoms with Crippen LogP contribution in [0.2, 0.25) is 5.02 Å². The Hall–Kier alpha value is -1.03. The van der Waals surface area contributed by atoms with Crippen molar-refractivity contribution in [1.29, 1.82) is 0 Å². The highest BCUT2D eigenvalue weighted by atomic mass is 35.7. The second-order valence-electron chi connectivity index (χ2n) is 4.36.